The van der Waals surface area contributed by atoms with Gasteiger partial charge in [-0.2, -0.15) is 0 Å². The molecule has 3 rings (SSSR count). The second kappa shape index (κ2) is 11.3. The molecular formula is C25H28FN3O3. The number of nitrogens with one attached hydrogen (secondary N) is 2. The van der Waals surface area contributed by atoms with Gasteiger partial charge in [0.1, 0.15) is 5.82 Å². The van der Waals surface area contributed by atoms with E-state index in [0.717, 1.165) is 18.4 Å². The maximum absolute atomic E-state index is 13.8. The Morgan fingerprint density at radius 1 is 1.28 bits per heavy atom. The predicted molar refractivity (Wildman–Crippen MR) is 122 cm³/mol. The highest BCUT2D eigenvalue weighted by atomic mass is 19.1. The van der Waals surface area contributed by atoms with E-state index in [1.54, 1.807) is 41.3 Å². The number of nitrogens with zero attached hydrogens (tertiary/aromatic N) is 1. The van der Waals surface area contributed by atoms with E-state index in [0.29, 0.717) is 24.4 Å². The van der Waals surface area contributed by atoms with Crippen LogP contribution < -0.4 is 10.6 Å². The highest BCUT2D eigenvalue weighted by molar-refractivity contribution is 5.92. The lowest BCUT2D eigenvalue weighted by Gasteiger charge is -2.26. The number of benzene rings is 2. The fourth-order valence-electron chi connectivity index (χ4n) is 3.63. The molecule has 0 saturated carbocycles. The Morgan fingerprint density at radius 2 is 2.09 bits per heavy atom. The van der Waals surface area contributed by atoms with Gasteiger partial charge in [0.05, 0.1) is 25.1 Å². The van der Waals surface area contributed by atoms with E-state index in [-0.39, 0.29) is 37.0 Å². The van der Waals surface area contributed by atoms with Crippen molar-refractivity contribution in [2.45, 2.75) is 38.3 Å². The van der Waals surface area contributed by atoms with Crippen LogP contribution in [-0.2, 0) is 16.0 Å². The van der Waals surface area contributed by atoms with Gasteiger partial charge in [-0.1, -0.05) is 36.3 Å². The van der Waals surface area contributed by atoms with Gasteiger partial charge < -0.3 is 20.3 Å². The number of terminal acetylenes is 1. The number of carbonyl (C=O) groups is 2. The number of hydrogen-bond acceptors (Lipinski definition) is 3. The molecule has 0 aromatic heterocycles. The number of urea groups is 1. The molecule has 7 heteroatoms. The Bertz CT molecular complexity index is 982. The highest BCUT2D eigenvalue weighted by Gasteiger charge is 2.23. The van der Waals surface area contributed by atoms with Crippen molar-refractivity contribution in [2.75, 3.05) is 25.0 Å². The number of carbonyl (C=O) groups excluding carboxylic acids is 2. The summed E-state index contributed by atoms with van der Waals surface area (Å²) in [6.45, 7) is 3.22. The maximum Gasteiger partial charge on any atom is 0.318 e. The zero-order valence-corrected chi connectivity index (χ0v) is 18.1. The summed E-state index contributed by atoms with van der Waals surface area (Å²) in [6.07, 6.45) is 7.29. The minimum absolute atomic E-state index is 0.0115. The van der Waals surface area contributed by atoms with Gasteiger partial charge in [0.2, 0.25) is 5.91 Å². The number of hydrogen-bond donors (Lipinski definition) is 2. The summed E-state index contributed by atoms with van der Waals surface area (Å²) in [5.41, 5.74) is 1.73. The SMILES string of the molecule is C#CCN(CC1CCCO1)C(=O)NC(C)c1cccc(NC(=O)Cc2ccccc2F)c1. The smallest absolute Gasteiger partial charge is 0.318 e. The Labute approximate surface area is 188 Å². The number of ether oxygens (including phenoxy) is 1. The van der Waals surface area contributed by atoms with E-state index in [4.69, 9.17) is 11.2 Å². The zero-order valence-electron chi connectivity index (χ0n) is 18.1. The van der Waals surface area contributed by atoms with Gasteiger partial charge in [-0.05, 0) is 49.1 Å². The summed E-state index contributed by atoms with van der Waals surface area (Å²) in [7, 11) is 0. The first-order valence-corrected chi connectivity index (χ1v) is 10.7. The first kappa shape index (κ1) is 23.3. The van der Waals surface area contributed by atoms with Crippen molar-refractivity contribution in [1.29, 1.82) is 0 Å². The van der Waals surface area contributed by atoms with Crippen LogP contribution in [0, 0.1) is 18.2 Å². The van der Waals surface area contributed by atoms with Crippen LogP contribution in [-0.4, -0.2) is 42.6 Å². The summed E-state index contributed by atoms with van der Waals surface area (Å²) in [5, 5.41) is 5.74. The summed E-state index contributed by atoms with van der Waals surface area (Å²) < 4.78 is 19.4. The Balaban J connectivity index is 1.59. The van der Waals surface area contributed by atoms with Gasteiger partial charge in [0, 0.05) is 18.8 Å². The van der Waals surface area contributed by atoms with Gasteiger partial charge >= 0.3 is 6.03 Å². The molecule has 0 bridgehead atoms. The van der Waals surface area contributed by atoms with Crippen LogP contribution in [0.3, 0.4) is 0 Å². The van der Waals surface area contributed by atoms with Crippen LogP contribution in [0.15, 0.2) is 48.5 Å². The molecular weight excluding hydrogens is 409 g/mol. The third-order valence-corrected chi connectivity index (χ3v) is 5.34. The number of rotatable bonds is 8. The quantitative estimate of drug-likeness (QED) is 0.616. The molecule has 2 aromatic carbocycles. The van der Waals surface area contributed by atoms with Crippen molar-refractivity contribution in [3.8, 4) is 12.3 Å². The monoisotopic (exact) mass is 437 g/mol. The van der Waals surface area contributed by atoms with Gasteiger partial charge in [0.25, 0.3) is 0 Å². The van der Waals surface area contributed by atoms with Crippen LogP contribution in [0.25, 0.3) is 0 Å². The third-order valence-electron chi connectivity index (χ3n) is 5.34. The van der Waals surface area contributed by atoms with Crippen LogP contribution in [0.4, 0.5) is 14.9 Å². The average Bonchev–Trinajstić information content (AvgIpc) is 3.28. The number of halogens is 1. The topological polar surface area (TPSA) is 70.7 Å². The summed E-state index contributed by atoms with van der Waals surface area (Å²) >= 11 is 0. The van der Waals surface area contributed by atoms with Crippen molar-refractivity contribution in [3.63, 3.8) is 0 Å². The summed E-state index contributed by atoms with van der Waals surface area (Å²) in [5.74, 6) is 1.80. The van der Waals surface area contributed by atoms with E-state index >= 15 is 0 Å². The van der Waals surface area contributed by atoms with Gasteiger partial charge in [-0.25, -0.2) is 9.18 Å². The molecule has 6 nitrogen and oxygen atoms in total. The van der Waals surface area contributed by atoms with Crippen molar-refractivity contribution in [2.24, 2.45) is 0 Å². The second-order valence-electron chi connectivity index (χ2n) is 7.83. The molecule has 1 aliphatic rings. The van der Waals surface area contributed by atoms with E-state index < -0.39 is 5.82 Å². The molecule has 168 valence electrons. The van der Waals surface area contributed by atoms with E-state index in [9.17, 15) is 14.0 Å². The fourth-order valence-corrected chi connectivity index (χ4v) is 3.63. The third kappa shape index (κ3) is 6.56. The first-order valence-electron chi connectivity index (χ1n) is 10.7. The normalized spacial score (nSPS) is 16.1. The molecule has 1 fully saturated rings. The van der Waals surface area contributed by atoms with Crippen molar-refractivity contribution in [1.82, 2.24) is 10.2 Å². The van der Waals surface area contributed by atoms with Gasteiger partial charge in [0.15, 0.2) is 0 Å². The second-order valence-corrected chi connectivity index (χ2v) is 7.83. The largest absolute Gasteiger partial charge is 0.376 e. The molecule has 1 aliphatic heterocycles. The molecule has 3 amide bonds. The molecule has 1 heterocycles. The average molecular weight is 438 g/mol. The predicted octanol–water partition coefficient (Wildman–Crippen LogP) is 3.89. The van der Waals surface area contributed by atoms with E-state index in [1.165, 1.54) is 6.07 Å². The number of anilines is 1. The lowest BCUT2D eigenvalue weighted by molar-refractivity contribution is -0.115. The molecule has 0 spiro atoms. The van der Waals surface area contributed by atoms with E-state index in [1.807, 2.05) is 13.0 Å². The lowest BCUT2D eigenvalue weighted by Crippen LogP contribution is -2.44. The van der Waals surface area contributed by atoms with Crippen molar-refractivity contribution >= 4 is 17.6 Å². The van der Waals surface area contributed by atoms with Crippen LogP contribution in [0.1, 0.15) is 36.9 Å². The van der Waals surface area contributed by atoms with Crippen LogP contribution in [0.2, 0.25) is 0 Å². The van der Waals surface area contributed by atoms with Crippen molar-refractivity contribution < 1.29 is 18.7 Å². The van der Waals surface area contributed by atoms with Gasteiger partial charge in [-0.3, -0.25) is 4.79 Å². The Morgan fingerprint density at radius 3 is 2.81 bits per heavy atom. The minimum atomic E-state index is -0.410. The van der Waals surface area contributed by atoms with Crippen molar-refractivity contribution in [3.05, 3.63) is 65.5 Å². The minimum Gasteiger partial charge on any atom is -0.376 e. The number of amides is 3. The molecule has 2 atom stereocenters. The molecule has 32 heavy (non-hydrogen) atoms. The molecule has 0 aliphatic carbocycles. The Kier molecular flexibility index (Phi) is 8.23. The zero-order chi connectivity index (χ0) is 22.9. The fraction of sp³-hybridized carbons (Fsp3) is 0.360. The highest BCUT2D eigenvalue weighted by Crippen LogP contribution is 2.19. The van der Waals surface area contributed by atoms with Crippen LogP contribution >= 0.6 is 0 Å². The molecule has 2 N–H and O–H groups in total. The van der Waals surface area contributed by atoms with Gasteiger partial charge in [-0.15, -0.1) is 6.42 Å². The molecule has 1 saturated heterocycles. The molecule has 0 radical (unpaired) electrons. The summed E-state index contributed by atoms with van der Waals surface area (Å²) in [4.78, 5) is 26.7. The standard InChI is InChI=1S/C25H28FN3O3/c1-3-13-29(17-22-11-7-14-32-22)25(31)27-18(2)19-9-6-10-21(15-19)28-24(30)16-20-8-4-5-12-23(20)26/h1,4-6,8-10,12,15,18,22H,7,11,13-14,16-17H2,2H3,(H,27,31)(H,28,30). The lowest BCUT2D eigenvalue weighted by atomic mass is 10.1. The first-order chi connectivity index (χ1) is 15.5. The van der Waals surface area contributed by atoms with E-state index in [2.05, 4.69) is 16.6 Å². The molecule has 2 unspecified atom stereocenters. The summed E-state index contributed by atoms with van der Waals surface area (Å²) in [6, 6.07) is 12.8. The maximum atomic E-state index is 13.8. The molecule has 2 aromatic rings. The Hall–Kier alpha value is -3.37. The van der Waals surface area contributed by atoms with Crippen LogP contribution in [0.5, 0.6) is 0 Å².